The molecular weight excluding hydrogens is 258 g/mol. The van der Waals surface area contributed by atoms with Crippen molar-refractivity contribution in [1.29, 1.82) is 0 Å². The van der Waals surface area contributed by atoms with Crippen molar-refractivity contribution in [2.24, 2.45) is 17.8 Å². The zero-order valence-corrected chi connectivity index (χ0v) is 13.7. The highest BCUT2D eigenvalue weighted by Crippen LogP contribution is 2.48. The van der Waals surface area contributed by atoms with Crippen molar-refractivity contribution in [3.8, 4) is 0 Å². The molecule has 3 rings (SSSR count). The maximum absolute atomic E-state index is 4.67. The summed E-state index contributed by atoms with van der Waals surface area (Å²) in [5.74, 6) is 4.04. The number of hydrogen-bond donors (Lipinski definition) is 1. The average molecular weight is 287 g/mol. The zero-order chi connectivity index (χ0) is 14.8. The van der Waals surface area contributed by atoms with E-state index in [0.717, 1.165) is 30.1 Å². The summed E-state index contributed by atoms with van der Waals surface area (Å²) in [6.07, 6.45) is 7.92. The molecule has 0 amide bonds. The molecule has 4 atom stereocenters. The molecule has 2 saturated carbocycles. The van der Waals surface area contributed by atoms with Gasteiger partial charge in [-0.05, 0) is 62.1 Å². The quantitative estimate of drug-likeness (QED) is 0.866. The predicted octanol–water partition coefficient (Wildman–Crippen LogP) is 3.62. The van der Waals surface area contributed by atoms with Crippen LogP contribution < -0.4 is 10.2 Å². The first kappa shape index (κ1) is 14.8. The van der Waals surface area contributed by atoms with E-state index in [9.17, 15) is 0 Å². The molecule has 116 valence electrons. The molecule has 0 saturated heterocycles. The molecule has 1 aromatic heterocycles. The fraction of sp³-hybridized carbons (Fsp3) is 0.722. The topological polar surface area (TPSA) is 28.2 Å². The number of nitrogens with zero attached hydrogens (tertiary/aromatic N) is 2. The molecule has 2 aliphatic carbocycles. The Morgan fingerprint density at radius 3 is 2.76 bits per heavy atom. The normalized spacial score (nSPS) is 28.8. The van der Waals surface area contributed by atoms with E-state index >= 15 is 0 Å². The van der Waals surface area contributed by atoms with Crippen LogP contribution in [0.15, 0.2) is 18.3 Å². The Bertz CT molecular complexity index is 456. The lowest BCUT2D eigenvalue weighted by Crippen LogP contribution is -2.29. The number of fused-ring (bicyclic) bond motifs is 2. The summed E-state index contributed by atoms with van der Waals surface area (Å²) >= 11 is 0. The van der Waals surface area contributed by atoms with Gasteiger partial charge in [-0.25, -0.2) is 4.98 Å². The third kappa shape index (κ3) is 3.23. The Labute approximate surface area is 129 Å². The van der Waals surface area contributed by atoms with Crippen molar-refractivity contribution in [1.82, 2.24) is 10.3 Å². The monoisotopic (exact) mass is 287 g/mol. The largest absolute Gasteiger partial charge is 0.359 e. The fourth-order valence-electron chi connectivity index (χ4n) is 4.35. The number of aromatic nitrogens is 1. The van der Waals surface area contributed by atoms with Crippen LogP contribution in [0.5, 0.6) is 0 Å². The Kier molecular flexibility index (Phi) is 4.48. The molecule has 0 aliphatic heterocycles. The minimum Gasteiger partial charge on any atom is -0.359 e. The van der Waals surface area contributed by atoms with Crippen LogP contribution >= 0.6 is 0 Å². The standard InChI is InChI=1S/C18H29N3/c1-4-19-13(2)16-7-8-18(20-11-16)21(3)12-17-10-14-5-6-15(17)9-14/h7-8,11,13-15,17,19H,4-6,9-10,12H2,1-3H3. The number of hydrogen-bond acceptors (Lipinski definition) is 3. The van der Waals surface area contributed by atoms with Crippen LogP contribution in [-0.4, -0.2) is 25.1 Å². The summed E-state index contributed by atoms with van der Waals surface area (Å²) in [6.45, 7) is 6.50. The average Bonchev–Trinajstić information content (AvgIpc) is 3.10. The second-order valence-corrected chi connectivity index (χ2v) is 7.04. The van der Waals surface area contributed by atoms with Crippen molar-refractivity contribution in [2.45, 2.75) is 45.6 Å². The first-order valence-electron chi connectivity index (χ1n) is 8.57. The van der Waals surface area contributed by atoms with Crippen LogP contribution in [0.25, 0.3) is 0 Å². The van der Waals surface area contributed by atoms with Crippen LogP contribution in [0.1, 0.15) is 51.1 Å². The van der Waals surface area contributed by atoms with Gasteiger partial charge in [0.1, 0.15) is 5.82 Å². The molecule has 0 aromatic carbocycles. The Balaban J connectivity index is 1.58. The Morgan fingerprint density at radius 1 is 1.33 bits per heavy atom. The van der Waals surface area contributed by atoms with Crippen molar-refractivity contribution in [2.75, 3.05) is 25.0 Å². The molecule has 0 spiro atoms. The number of anilines is 1. The number of nitrogens with one attached hydrogen (secondary N) is 1. The van der Waals surface area contributed by atoms with E-state index in [1.807, 2.05) is 6.20 Å². The first-order valence-corrected chi connectivity index (χ1v) is 8.57. The second kappa shape index (κ2) is 6.35. The molecule has 3 heteroatoms. The third-order valence-electron chi connectivity index (χ3n) is 5.57. The van der Waals surface area contributed by atoms with E-state index in [2.05, 4.69) is 48.2 Å². The summed E-state index contributed by atoms with van der Waals surface area (Å²) in [4.78, 5) is 7.03. The van der Waals surface area contributed by atoms with E-state index < -0.39 is 0 Å². The molecule has 3 nitrogen and oxygen atoms in total. The molecular formula is C18H29N3. The smallest absolute Gasteiger partial charge is 0.128 e. The highest BCUT2D eigenvalue weighted by atomic mass is 15.2. The van der Waals surface area contributed by atoms with Gasteiger partial charge in [0.2, 0.25) is 0 Å². The molecule has 2 aliphatic rings. The Hall–Kier alpha value is -1.09. The van der Waals surface area contributed by atoms with Gasteiger partial charge < -0.3 is 10.2 Å². The van der Waals surface area contributed by atoms with Crippen molar-refractivity contribution in [3.63, 3.8) is 0 Å². The summed E-state index contributed by atoms with van der Waals surface area (Å²) < 4.78 is 0. The lowest BCUT2D eigenvalue weighted by atomic mass is 9.88. The molecule has 21 heavy (non-hydrogen) atoms. The number of rotatable bonds is 6. The van der Waals surface area contributed by atoms with Gasteiger partial charge >= 0.3 is 0 Å². The molecule has 1 N–H and O–H groups in total. The highest BCUT2D eigenvalue weighted by Gasteiger charge is 2.39. The van der Waals surface area contributed by atoms with Crippen molar-refractivity contribution < 1.29 is 0 Å². The minimum atomic E-state index is 0.382. The SMILES string of the molecule is CCNC(C)c1ccc(N(C)CC2CC3CCC2C3)nc1. The summed E-state index contributed by atoms with van der Waals surface area (Å²) in [5.41, 5.74) is 1.27. The maximum Gasteiger partial charge on any atom is 0.128 e. The van der Waals surface area contributed by atoms with Crippen LogP contribution in [-0.2, 0) is 0 Å². The van der Waals surface area contributed by atoms with Crippen molar-refractivity contribution in [3.05, 3.63) is 23.9 Å². The minimum absolute atomic E-state index is 0.382. The third-order valence-corrected chi connectivity index (χ3v) is 5.57. The van der Waals surface area contributed by atoms with Gasteiger partial charge in [-0.3, -0.25) is 0 Å². The fourth-order valence-corrected chi connectivity index (χ4v) is 4.35. The Morgan fingerprint density at radius 2 is 2.19 bits per heavy atom. The van der Waals surface area contributed by atoms with Crippen LogP contribution in [0.2, 0.25) is 0 Å². The molecule has 0 radical (unpaired) electrons. The van der Waals surface area contributed by atoms with E-state index in [1.165, 1.54) is 37.8 Å². The molecule has 2 fully saturated rings. The lowest BCUT2D eigenvalue weighted by Gasteiger charge is -2.28. The predicted molar refractivity (Wildman–Crippen MR) is 88.5 cm³/mol. The van der Waals surface area contributed by atoms with E-state index in [4.69, 9.17) is 0 Å². The molecule has 1 heterocycles. The lowest BCUT2D eigenvalue weighted by molar-refractivity contribution is 0.337. The van der Waals surface area contributed by atoms with Gasteiger partial charge in [0.15, 0.2) is 0 Å². The molecule has 2 bridgehead atoms. The number of pyridine rings is 1. The summed E-state index contributed by atoms with van der Waals surface area (Å²) in [6, 6.07) is 4.77. The van der Waals surface area contributed by atoms with Gasteiger partial charge in [0.05, 0.1) is 0 Å². The first-order chi connectivity index (χ1) is 10.2. The summed E-state index contributed by atoms with van der Waals surface area (Å²) in [5, 5.41) is 3.43. The summed E-state index contributed by atoms with van der Waals surface area (Å²) in [7, 11) is 2.20. The van der Waals surface area contributed by atoms with Gasteiger partial charge in [0.25, 0.3) is 0 Å². The van der Waals surface area contributed by atoms with Gasteiger partial charge in [0, 0.05) is 25.8 Å². The van der Waals surface area contributed by atoms with E-state index in [0.29, 0.717) is 6.04 Å². The molecule has 1 aromatic rings. The highest BCUT2D eigenvalue weighted by molar-refractivity contribution is 5.39. The van der Waals surface area contributed by atoms with Gasteiger partial charge in [-0.1, -0.05) is 19.4 Å². The van der Waals surface area contributed by atoms with E-state index in [1.54, 1.807) is 0 Å². The molecule has 4 unspecified atom stereocenters. The van der Waals surface area contributed by atoms with Gasteiger partial charge in [-0.15, -0.1) is 0 Å². The van der Waals surface area contributed by atoms with Crippen LogP contribution in [0.4, 0.5) is 5.82 Å². The van der Waals surface area contributed by atoms with Gasteiger partial charge in [-0.2, -0.15) is 0 Å². The maximum atomic E-state index is 4.67. The van der Waals surface area contributed by atoms with Crippen LogP contribution in [0.3, 0.4) is 0 Å². The second-order valence-electron chi connectivity index (χ2n) is 7.04. The zero-order valence-electron chi connectivity index (χ0n) is 13.7. The van der Waals surface area contributed by atoms with E-state index in [-0.39, 0.29) is 0 Å². The van der Waals surface area contributed by atoms with Crippen LogP contribution in [0, 0.1) is 17.8 Å². The van der Waals surface area contributed by atoms with Crippen molar-refractivity contribution >= 4 is 5.82 Å².